The first-order valence-electron chi connectivity index (χ1n) is 5.30. The summed E-state index contributed by atoms with van der Waals surface area (Å²) in [5.74, 6) is 4.93. The Morgan fingerprint density at radius 3 is 3.00 bits per heavy atom. The van der Waals surface area contributed by atoms with Crippen LogP contribution in [0.25, 0.3) is 0 Å². The van der Waals surface area contributed by atoms with Crippen molar-refractivity contribution in [2.75, 3.05) is 39.8 Å². The minimum Gasteiger partial charge on any atom is -0.354 e. The smallest absolute Gasteiger partial charge is 0.298 e. The van der Waals surface area contributed by atoms with Crippen LogP contribution in [-0.4, -0.2) is 61.4 Å². The molecule has 0 atom stereocenters. The Morgan fingerprint density at radius 1 is 1.62 bits per heavy atom. The summed E-state index contributed by atoms with van der Waals surface area (Å²) in [5.41, 5.74) is 0. The molecule has 5 heteroatoms. The van der Waals surface area contributed by atoms with Crippen molar-refractivity contribution in [2.24, 2.45) is 0 Å². The summed E-state index contributed by atoms with van der Waals surface area (Å²) in [4.78, 5) is 26.0. The Labute approximate surface area is 95.8 Å². The fourth-order valence-corrected chi connectivity index (χ4v) is 1.48. The monoisotopic (exact) mass is 223 g/mol. The molecular weight excluding hydrogens is 206 g/mol. The minimum absolute atomic E-state index is 0.0496. The minimum atomic E-state index is -0.177. The van der Waals surface area contributed by atoms with Gasteiger partial charge in [0, 0.05) is 33.2 Å². The first-order valence-corrected chi connectivity index (χ1v) is 5.30. The average molecular weight is 223 g/mol. The van der Waals surface area contributed by atoms with E-state index in [1.165, 1.54) is 0 Å². The van der Waals surface area contributed by atoms with Crippen LogP contribution in [0.2, 0.25) is 0 Å². The quantitative estimate of drug-likeness (QED) is 0.618. The van der Waals surface area contributed by atoms with Crippen LogP contribution < -0.4 is 5.32 Å². The molecule has 0 saturated carbocycles. The molecule has 0 aromatic carbocycles. The van der Waals surface area contributed by atoms with Crippen molar-refractivity contribution in [3.05, 3.63) is 0 Å². The lowest BCUT2D eigenvalue weighted by atomic mass is 10.3. The van der Waals surface area contributed by atoms with Gasteiger partial charge in [0.2, 0.25) is 5.91 Å². The molecule has 88 valence electrons. The van der Waals surface area contributed by atoms with Gasteiger partial charge in [0.1, 0.15) is 0 Å². The molecule has 1 saturated heterocycles. The Balaban J connectivity index is 2.30. The van der Waals surface area contributed by atoms with Crippen LogP contribution in [0.3, 0.4) is 0 Å². The highest BCUT2D eigenvalue weighted by atomic mass is 16.2. The van der Waals surface area contributed by atoms with Crippen LogP contribution in [0.1, 0.15) is 6.92 Å². The van der Waals surface area contributed by atoms with Crippen LogP contribution in [0, 0.1) is 11.8 Å². The van der Waals surface area contributed by atoms with E-state index in [0.29, 0.717) is 26.2 Å². The zero-order chi connectivity index (χ0) is 12.0. The molecule has 1 aliphatic heterocycles. The molecule has 2 amide bonds. The number of carbonyl (C=O) groups is 2. The van der Waals surface area contributed by atoms with Gasteiger partial charge in [-0.3, -0.25) is 14.5 Å². The SMILES string of the molecule is CC#CC(=O)N(C)CCN1CCNC(=O)C1. The van der Waals surface area contributed by atoms with Crippen LogP contribution >= 0.6 is 0 Å². The maximum Gasteiger partial charge on any atom is 0.298 e. The fourth-order valence-electron chi connectivity index (χ4n) is 1.48. The van der Waals surface area contributed by atoms with Crippen molar-refractivity contribution in [2.45, 2.75) is 6.92 Å². The summed E-state index contributed by atoms with van der Waals surface area (Å²) in [5, 5.41) is 2.76. The highest BCUT2D eigenvalue weighted by Gasteiger charge is 2.16. The lowest BCUT2D eigenvalue weighted by molar-refractivity contribution is -0.124. The standard InChI is InChI=1S/C11H17N3O2/c1-3-4-11(16)13(2)7-8-14-6-5-12-10(15)9-14/h5-9H2,1-2H3,(H,12,15). The number of nitrogens with zero attached hydrogens (tertiary/aromatic N) is 2. The molecule has 0 aliphatic carbocycles. The van der Waals surface area contributed by atoms with E-state index in [1.807, 2.05) is 4.90 Å². The summed E-state index contributed by atoms with van der Waals surface area (Å²) in [6.07, 6.45) is 0. The first-order chi connectivity index (χ1) is 7.63. The van der Waals surface area contributed by atoms with Gasteiger partial charge in [-0.1, -0.05) is 5.92 Å². The van der Waals surface area contributed by atoms with Gasteiger partial charge in [-0.05, 0) is 12.8 Å². The molecular formula is C11H17N3O2. The summed E-state index contributed by atoms with van der Waals surface area (Å²) in [6, 6.07) is 0. The van der Waals surface area contributed by atoms with Crippen molar-refractivity contribution in [1.82, 2.24) is 15.1 Å². The number of amides is 2. The average Bonchev–Trinajstić information content (AvgIpc) is 2.26. The lowest BCUT2D eigenvalue weighted by Gasteiger charge is -2.27. The Morgan fingerprint density at radius 2 is 2.38 bits per heavy atom. The number of nitrogens with one attached hydrogen (secondary N) is 1. The molecule has 0 aromatic rings. The van der Waals surface area contributed by atoms with Crippen LogP contribution in [0.4, 0.5) is 0 Å². The number of carbonyl (C=O) groups excluding carboxylic acids is 2. The van der Waals surface area contributed by atoms with Gasteiger partial charge >= 0.3 is 0 Å². The van der Waals surface area contributed by atoms with Crippen molar-refractivity contribution in [3.63, 3.8) is 0 Å². The number of piperazine rings is 1. The number of hydrogen-bond acceptors (Lipinski definition) is 3. The maximum absolute atomic E-state index is 11.3. The van der Waals surface area contributed by atoms with E-state index in [9.17, 15) is 9.59 Å². The topological polar surface area (TPSA) is 52.7 Å². The molecule has 0 spiro atoms. The van der Waals surface area contributed by atoms with Gasteiger partial charge in [-0.2, -0.15) is 0 Å². The second-order valence-electron chi connectivity index (χ2n) is 3.73. The highest BCUT2D eigenvalue weighted by Crippen LogP contribution is 1.94. The van der Waals surface area contributed by atoms with E-state index >= 15 is 0 Å². The predicted octanol–water partition coefficient (Wildman–Crippen LogP) is -1.10. The maximum atomic E-state index is 11.3. The third-order valence-corrected chi connectivity index (χ3v) is 2.45. The number of likely N-dealkylation sites (N-methyl/N-ethyl adjacent to an activating group) is 1. The molecule has 0 bridgehead atoms. The molecule has 0 aromatic heterocycles. The van der Waals surface area contributed by atoms with Crippen LogP contribution in [0.15, 0.2) is 0 Å². The third kappa shape index (κ3) is 3.91. The van der Waals surface area contributed by atoms with E-state index in [-0.39, 0.29) is 11.8 Å². The lowest BCUT2D eigenvalue weighted by Crippen LogP contribution is -2.49. The Hall–Kier alpha value is -1.54. The molecule has 1 N–H and O–H groups in total. The zero-order valence-corrected chi connectivity index (χ0v) is 9.75. The van der Waals surface area contributed by atoms with Crippen molar-refractivity contribution in [3.8, 4) is 11.8 Å². The van der Waals surface area contributed by atoms with E-state index in [1.54, 1.807) is 18.9 Å². The zero-order valence-electron chi connectivity index (χ0n) is 9.75. The fraction of sp³-hybridized carbons (Fsp3) is 0.636. The molecule has 0 radical (unpaired) electrons. The van der Waals surface area contributed by atoms with Gasteiger partial charge < -0.3 is 10.2 Å². The van der Waals surface area contributed by atoms with Gasteiger partial charge in [0.25, 0.3) is 5.91 Å². The van der Waals surface area contributed by atoms with Gasteiger partial charge in [-0.15, -0.1) is 0 Å². The second-order valence-corrected chi connectivity index (χ2v) is 3.73. The second kappa shape index (κ2) is 6.13. The summed E-state index contributed by atoms with van der Waals surface area (Å²) >= 11 is 0. The van der Waals surface area contributed by atoms with Gasteiger partial charge in [0.05, 0.1) is 6.54 Å². The molecule has 0 unspecified atom stereocenters. The van der Waals surface area contributed by atoms with E-state index in [0.717, 1.165) is 6.54 Å². The molecule has 5 nitrogen and oxygen atoms in total. The van der Waals surface area contributed by atoms with Crippen LogP contribution in [0.5, 0.6) is 0 Å². The van der Waals surface area contributed by atoms with Crippen molar-refractivity contribution >= 4 is 11.8 Å². The van der Waals surface area contributed by atoms with E-state index in [2.05, 4.69) is 17.2 Å². The van der Waals surface area contributed by atoms with Gasteiger partial charge in [-0.25, -0.2) is 0 Å². The van der Waals surface area contributed by atoms with Gasteiger partial charge in [0.15, 0.2) is 0 Å². The third-order valence-electron chi connectivity index (χ3n) is 2.45. The van der Waals surface area contributed by atoms with E-state index in [4.69, 9.17) is 0 Å². The van der Waals surface area contributed by atoms with E-state index < -0.39 is 0 Å². The van der Waals surface area contributed by atoms with Crippen molar-refractivity contribution in [1.29, 1.82) is 0 Å². The Bertz CT molecular complexity index is 330. The normalized spacial score (nSPS) is 16.0. The number of hydrogen-bond donors (Lipinski definition) is 1. The van der Waals surface area contributed by atoms with Crippen LogP contribution in [-0.2, 0) is 9.59 Å². The molecule has 1 rings (SSSR count). The highest BCUT2D eigenvalue weighted by molar-refractivity contribution is 5.93. The molecule has 1 aliphatic rings. The largest absolute Gasteiger partial charge is 0.354 e. The molecule has 16 heavy (non-hydrogen) atoms. The summed E-state index contributed by atoms with van der Waals surface area (Å²) < 4.78 is 0. The van der Waals surface area contributed by atoms with Crippen molar-refractivity contribution < 1.29 is 9.59 Å². The summed E-state index contributed by atoms with van der Waals surface area (Å²) in [7, 11) is 1.72. The summed E-state index contributed by atoms with van der Waals surface area (Å²) in [6.45, 7) is 4.89. The molecule has 1 fully saturated rings. The Kier molecular flexibility index (Phi) is 4.80. The number of rotatable bonds is 3. The first kappa shape index (κ1) is 12.5. The predicted molar refractivity (Wildman–Crippen MR) is 60.5 cm³/mol. The molecule has 1 heterocycles.